The molecule has 0 saturated carbocycles. The first-order valence-electron chi connectivity index (χ1n) is 7.99. The molecule has 1 aromatic carbocycles. The number of guanidine groups is 1. The van der Waals surface area contributed by atoms with Gasteiger partial charge in [0.2, 0.25) is 0 Å². The smallest absolute Gasteiger partial charge is 0.434 e. The minimum Gasteiger partial charge on any atom is -0.497 e. The SMILES string of the molecule is CN=C(NCc1nc(C(F)(F)F)cs1)NC(C)c1cc(OC)ccc1OC.I. The van der Waals surface area contributed by atoms with Crippen LogP contribution in [0.1, 0.15) is 29.2 Å². The van der Waals surface area contributed by atoms with E-state index in [1.165, 1.54) is 0 Å². The van der Waals surface area contributed by atoms with E-state index in [1.54, 1.807) is 33.4 Å². The summed E-state index contributed by atoms with van der Waals surface area (Å²) in [6, 6.07) is 5.25. The second-order valence-corrected chi connectivity index (χ2v) is 6.47. The molecule has 28 heavy (non-hydrogen) atoms. The predicted molar refractivity (Wildman–Crippen MR) is 114 cm³/mol. The van der Waals surface area contributed by atoms with Gasteiger partial charge in [0.1, 0.15) is 16.5 Å². The van der Waals surface area contributed by atoms with Crippen LogP contribution in [0.4, 0.5) is 13.2 Å². The molecule has 1 atom stereocenters. The van der Waals surface area contributed by atoms with Crippen LogP contribution in [0.5, 0.6) is 11.5 Å². The summed E-state index contributed by atoms with van der Waals surface area (Å²) in [5.74, 6) is 1.79. The molecule has 2 aromatic rings. The fraction of sp³-hybridized carbons (Fsp3) is 0.412. The Kier molecular flexibility index (Phi) is 9.27. The Hall–Kier alpha value is -1.76. The van der Waals surface area contributed by atoms with E-state index in [4.69, 9.17) is 9.47 Å². The van der Waals surface area contributed by atoms with Gasteiger partial charge in [-0.15, -0.1) is 35.3 Å². The highest BCUT2D eigenvalue weighted by Gasteiger charge is 2.33. The van der Waals surface area contributed by atoms with E-state index in [-0.39, 0.29) is 36.6 Å². The van der Waals surface area contributed by atoms with Crippen LogP contribution in [0.25, 0.3) is 0 Å². The van der Waals surface area contributed by atoms with E-state index in [1.807, 2.05) is 13.0 Å². The normalized spacial score (nSPS) is 12.8. The maximum atomic E-state index is 12.6. The Morgan fingerprint density at radius 2 is 2.00 bits per heavy atom. The van der Waals surface area contributed by atoms with Crippen LogP contribution in [0, 0.1) is 0 Å². The monoisotopic (exact) mass is 530 g/mol. The number of aliphatic imine (C=N–C) groups is 1. The molecular formula is C17H22F3IN4O2S. The standard InChI is InChI=1S/C17H21F3N4O2S.HI/c1-10(12-7-11(25-3)5-6-13(12)26-4)23-16(21-2)22-8-15-24-14(9-27-15)17(18,19)20;/h5-7,9-10H,8H2,1-4H3,(H2,21,22,23);1H. The highest BCUT2D eigenvalue weighted by Crippen LogP contribution is 2.30. The van der Waals surface area contributed by atoms with E-state index in [0.717, 1.165) is 22.3 Å². The Labute approximate surface area is 182 Å². The van der Waals surface area contributed by atoms with Gasteiger partial charge in [-0.1, -0.05) is 0 Å². The zero-order valence-corrected chi connectivity index (χ0v) is 18.9. The van der Waals surface area contributed by atoms with Crippen LogP contribution in [0.15, 0.2) is 28.6 Å². The molecule has 1 heterocycles. The third-order valence-electron chi connectivity index (χ3n) is 3.73. The third kappa shape index (κ3) is 6.40. The van der Waals surface area contributed by atoms with Crippen LogP contribution >= 0.6 is 35.3 Å². The van der Waals surface area contributed by atoms with Crippen molar-refractivity contribution in [3.8, 4) is 11.5 Å². The first-order chi connectivity index (χ1) is 12.8. The van der Waals surface area contributed by atoms with E-state index in [2.05, 4.69) is 20.6 Å². The number of benzene rings is 1. The fourth-order valence-electron chi connectivity index (χ4n) is 2.34. The van der Waals surface area contributed by atoms with Crippen molar-refractivity contribution in [2.24, 2.45) is 4.99 Å². The number of methoxy groups -OCH3 is 2. The Bertz CT molecular complexity index is 799. The quantitative estimate of drug-likeness (QED) is 0.333. The molecule has 0 spiro atoms. The lowest BCUT2D eigenvalue weighted by Crippen LogP contribution is -2.38. The van der Waals surface area contributed by atoms with E-state index < -0.39 is 11.9 Å². The summed E-state index contributed by atoms with van der Waals surface area (Å²) in [5, 5.41) is 7.45. The maximum absolute atomic E-state index is 12.6. The summed E-state index contributed by atoms with van der Waals surface area (Å²) < 4.78 is 48.5. The van der Waals surface area contributed by atoms with Gasteiger partial charge in [0, 0.05) is 18.0 Å². The van der Waals surface area contributed by atoms with Crippen LogP contribution in [0.2, 0.25) is 0 Å². The summed E-state index contributed by atoms with van der Waals surface area (Å²) in [6.45, 7) is 2.04. The highest BCUT2D eigenvalue weighted by molar-refractivity contribution is 14.0. The zero-order chi connectivity index (χ0) is 20.0. The summed E-state index contributed by atoms with van der Waals surface area (Å²) in [6.07, 6.45) is -4.44. The lowest BCUT2D eigenvalue weighted by molar-refractivity contribution is -0.140. The van der Waals surface area contributed by atoms with Crippen LogP contribution in [-0.2, 0) is 12.7 Å². The van der Waals surface area contributed by atoms with Gasteiger partial charge in [-0.25, -0.2) is 4.98 Å². The Morgan fingerprint density at radius 3 is 2.54 bits per heavy atom. The molecule has 11 heteroatoms. The Morgan fingerprint density at radius 1 is 1.29 bits per heavy atom. The number of hydrogen-bond acceptors (Lipinski definition) is 5. The average Bonchev–Trinajstić information content (AvgIpc) is 3.13. The molecule has 156 valence electrons. The van der Waals surface area contributed by atoms with Crippen molar-refractivity contribution < 1.29 is 22.6 Å². The summed E-state index contributed by atoms with van der Waals surface area (Å²) in [5.41, 5.74) is -0.0323. The minimum absolute atomic E-state index is 0. The molecule has 0 fully saturated rings. The van der Waals surface area contributed by atoms with Crippen molar-refractivity contribution >= 4 is 41.3 Å². The number of ether oxygens (including phenoxy) is 2. The molecular weight excluding hydrogens is 508 g/mol. The largest absolute Gasteiger partial charge is 0.497 e. The molecule has 0 aliphatic carbocycles. The van der Waals surface area contributed by atoms with E-state index in [9.17, 15) is 13.2 Å². The lowest BCUT2D eigenvalue weighted by Gasteiger charge is -2.20. The molecule has 0 radical (unpaired) electrons. The molecule has 2 N–H and O–H groups in total. The number of alkyl halides is 3. The Balaban J connectivity index is 0.00000392. The highest BCUT2D eigenvalue weighted by atomic mass is 127. The number of nitrogens with zero attached hydrogens (tertiary/aromatic N) is 2. The van der Waals surface area contributed by atoms with Crippen molar-refractivity contribution in [3.63, 3.8) is 0 Å². The van der Waals surface area contributed by atoms with Crippen LogP contribution in [0.3, 0.4) is 0 Å². The first kappa shape index (κ1) is 24.3. The molecule has 0 aliphatic heterocycles. The van der Waals surface area contributed by atoms with Gasteiger partial charge in [0.25, 0.3) is 0 Å². The maximum Gasteiger partial charge on any atom is 0.434 e. The number of hydrogen-bond donors (Lipinski definition) is 2. The third-order valence-corrected chi connectivity index (χ3v) is 4.58. The van der Waals surface area contributed by atoms with Crippen LogP contribution < -0.4 is 20.1 Å². The minimum atomic E-state index is -4.44. The van der Waals surface area contributed by atoms with Crippen molar-refractivity contribution in [1.82, 2.24) is 15.6 Å². The van der Waals surface area contributed by atoms with E-state index in [0.29, 0.717) is 22.5 Å². The summed E-state index contributed by atoms with van der Waals surface area (Å²) >= 11 is 0.942. The van der Waals surface area contributed by atoms with Crippen molar-refractivity contribution in [2.75, 3.05) is 21.3 Å². The molecule has 2 rings (SSSR count). The van der Waals surface area contributed by atoms with Crippen molar-refractivity contribution in [3.05, 3.63) is 39.8 Å². The predicted octanol–water partition coefficient (Wildman–Crippen LogP) is 4.22. The molecule has 0 bridgehead atoms. The number of aromatic nitrogens is 1. The lowest BCUT2D eigenvalue weighted by atomic mass is 10.1. The molecule has 1 aromatic heterocycles. The topological polar surface area (TPSA) is 67.8 Å². The van der Waals surface area contributed by atoms with Gasteiger partial charge < -0.3 is 20.1 Å². The van der Waals surface area contributed by atoms with Gasteiger partial charge in [-0.2, -0.15) is 13.2 Å². The molecule has 0 amide bonds. The van der Waals surface area contributed by atoms with Crippen molar-refractivity contribution in [1.29, 1.82) is 0 Å². The number of thiazole rings is 1. The number of halogens is 4. The molecule has 6 nitrogen and oxygen atoms in total. The van der Waals surface area contributed by atoms with E-state index >= 15 is 0 Å². The van der Waals surface area contributed by atoms with Gasteiger partial charge >= 0.3 is 6.18 Å². The summed E-state index contributed by atoms with van der Waals surface area (Å²) in [4.78, 5) is 7.69. The van der Waals surface area contributed by atoms with Gasteiger partial charge in [-0.3, -0.25) is 4.99 Å². The zero-order valence-electron chi connectivity index (χ0n) is 15.8. The van der Waals surface area contributed by atoms with Gasteiger partial charge in [0.15, 0.2) is 11.7 Å². The van der Waals surface area contributed by atoms with Crippen molar-refractivity contribution in [2.45, 2.75) is 25.7 Å². The molecule has 0 aliphatic rings. The van der Waals surface area contributed by atoms with Crippen LogP contribution in [-0.4, -0.2) is 32.2 Å². The second kappa shape index (κ2) is 10.7. The fourth-order valence-corrected chi connectivity index (χ4v) is 3.08. The second-order valence-electron chi connectivity index (χ2n) is 5.52. The number of rotatable bonds is 6. The van der Waals surface area contributed by atoms with Gasteiger partial charge in [-0.05, 0) is 25.1 Å². The van der Waals surface area contributed by atoms with Gasteiger partial charge in [0.05, 0.1) is 26.8 Å². The summed E-state index contributed by atoms with van der Waals surface area (Å²) in [7, 11) is 4.73. The average molecular weight is 530 g/mol. The molecule has 0 saturated heterocycles. The first-order valence-corrected chi connectivity index (χ1v) is 8.87. The molecule has 1 unspecified atom stereocenters. The number of nitrogens with one attached hydrogen (secondary N) is 2.